The van der Waals surface area contributed by atoms with Crippen LogP contribution in [0.5, 0.6) is 0 Å². The van der Waals surface area contributed by atoms with E-state index in [1.165, 1.54) is 18.2 Å². The van der Waals surface area contributed by atoms with Crippen LogP contribution in [0, 0.1) is 30.2 Å². The third kappa shape index (κ3) is 3.61. The molecule has 0 aliphatic carbocycles. The number of benzene rings is 2. The van der Waals surface area contributed by atoms with Crippen LogP contribution in [0.4, 0.5) is 33.7 Å². The molecule has 2 N–H and O–H groups in total. The van der Waals surface area contributed by atoms with E-state index in [0.717, 1.165) is 6.92 Å². The lowest BCUT2D eigenvalue weighted by Gasteiger charge is -2.24. The molecule has 1 atom stereocenters. The topological polar surface area (TPSA) is 84.5 Å². The summed E-state index contributed by atoms with van der Waals surface area (Å²) in [5.41, 5.74) is -1.24. The number of carbonyl (C=O) groups is 1. The maximum Gasteiger partial charge on any atom is 0.412 e. The fourth-order valence-corrected chi connectivity index (χ4v) is 3.95. The van der Waals surface area contributed by atoms with Crippen molar-refractivity contribution < 1.29 is 35.5 Å². The molecule has 11 heteroatoms. The Hall–Kier alpha value is -2.82. The van der Waals surface area contributed by atoms with Crippen molar-refractivity contribution in [3.63, 3.8) is 0 Å². The summed E-state index contributed by atoms with van der Waals surface area (Å²) in [6, 6.07) is 4.08. The van der Waals surface area contributed by atoms with E-state index in [9.17, 15) is 30.8 Å². The SMILES string of the molecule is Cc1c(F)c(F)c(CS(=O)(=O)Nc2ccc3c(c2)C(C)OC(=O)N3)c(F)c1F. The zero-order chi connectivity index (χ0) is 20.8. The maximum atomic E-state index is 14.0. The Balaban J connectivity index is 1.90. The first kappa shape index (κ1) is 19.9. The van der Waals surface area contributed by atoms with Gasteiger partial charge in [-0.05, 0) is 32.0 Å². The minimum absolute atomic E-state index is 0.0132. The number of nitrogens with one attached hydrogen (secondary N) is 2. The highest BCUT2D eigenvalue weighted by molar-refractivity contribution is 7.91. The molecule has 150 valence electrons. The predicted octanol–water partition coefficient (Wildman–Crippen LogP) is 4.12. The second kappa shape index (κ2) is 6.97. The monoisotopic (exact) mass is 418 g/mol. The molecule has 2 aromatic carbocycles. The third-order valence-corrected chi connectivity index (χ3v) is 5.41. The molecule has 0 saturated heterocycles. The van der Waals surface area contributed by atoms with Crippen molar-refractivity contribution in [3.8, 4) is 0 Å². The number of halogens is 4. The number of rotatable bonds is 4. The second-order valence-corrected chi connectivity index (χ2v) is 7.92. The minimum atomic E-state index is -4.43. The third-order valence-electron chi connectivity index (χ3n) is 4.19. The van der Waals surface area contributed by atoms with Crippen LogP contribution in [0.25, 0.3) is 0 Å². The Bertz CT molecular complexity index is 1060. The number of hydrogen-bond acceptors (Lipinski definition) is 4. The van der Waals surface area contributed by atoms with Gasteiger partial charge in [0.25, 0.3) is 0 Å². The number of anilines is 2. The molecule has 0 bridgehead atoms. The molecule has 2 aromatic rings. The first-order chi connectivity index (χ1) is 13.0. The number of cyclic esters (lactones) is 1. The van der Waals surface area contributed by atoms with E-state index >= 15 is 0 Å². The molecule has 1 unspecified atom stereocenters. The van der Waals surface area contributed by atoms with Crippen LogP contribution < -0.4 is 10.0 Å². The first-order valence-electron chi connectivity index (χ1n) is 7.93. The standard InChI is InChI=1S/C17H14F4N2O4S/c1-7-13(18)15(20)11(16(21)14(7)19)6-28(25,26)23-9-3-4-12-10(5-9)8(2)27-17(24)22-12/h3-5,8,23H,6H2,1-2H3,(H,22,24). The van der Waals surface area contributed by atoms with Gasteiger partial charge in [-0.15, -0.1) is 0 Å². The van der Waals surface area contributed by atoms with Gasteiger partial charge in [0.15, 0.2) is 23.3 Å². The van der Waals surface area contributed by atoms with E-state index in [1.807, 2.05) is 0 Å². The van der Waals surface area contributed by atoms with Crippen LogP contribution in [0.3, 0.4) is 0 Å². The van der Waals surface area contributed by atoms with Gasteiger partial charge in [0, 0.05) is 22.4 Å². The van der Waals surface area contributed by atoms with Gasteiger partial charge in [0.1, 0.15) is 11.9 Å². The molecule has 3 rings (SSSR count). The van der Waals surface area contributed by atoms with Gasteiger partial charge >= 0.3 is 6.09 Å². The van der Waals surface area contributed by atoms with Crippen molar-refractivity contribution in [1.29, 1.82) is 0 Å². The molecule has 1 heterocycles. The summed E-state index contributed by atoms with van der Waals surface area (Å²) in [4.78, 5) is 11.3. The average Bonchev–Trinajstić information content (AvgIpc) is 2.62. The predicted molar refractivity (Wildman–Crippen MR) is 92.2 cm³/mol. The fourth-order valence-electron chi connectivity index (χ4n) is 2.76. The van der Waals surface area contributed by atoms with Crippen molar-refractivity contribution in [3.05, 3.63) is 58.2 Å². The number of ether oxygens (including phenoxy) is 1. The van der Waals surface area contributed by atoms with Crippen LogP contribution in [-0.4, -0.2) is 14.5 Å². The zero-order valence-electron chi connectivity index (χ0n) is 14.6. The molecule has 0 aromatic heterocycles. The van der Waals surface area contributed by atoms with Crippen molar-refractivity contribution in [2.24, 2.45) is 0 Å². The molecule has 1 aliphatic rings. The number of fused-ring (bicyclic) bond motifs is 1. The highest BCUT2D eigenvalue weighted by atomic mass is 32.2. The largest absolute Gasteiger partial charge is 0.441 e. The van der Waals surface area contributed by atoms with Crippen LogP contribution in [0.2, 0.25) is 0 Å². The summed E-state index contributed by atoms with van der Waals surface area (Å²) in [5.74, 6) is -8.16. The fraction of sp³-hybridized carbons (Fsp3) is 0.235. The normalized spacial score (nSPS) is 16.2. The van der Waals surface area contributed by atoms with Gasteiger partial charge in [0.2, 0.25) is 10.0 Å². The summed E-state index contributed by atoms with van der Waals surface area (Å²) >= 11 is 0. The molecule has 0 fully saturated rings. The molecule has 0 radical (unpaired) electrons. The number of hydrogen-bond donors (Lipinski definition) is 2. The van der Waals surface area contributed by atoms with Crippen LogP contribution in [0.1, 0.15) is 29.7 Å². The van der Waals surface area contributed by atoms with Crippen LogP contribution in [-0.2, 0) is 20.5 Å². The van der Waals surface area contributed by atoms with E-state index in [0.29, 0.717) is 11.3 Å². The lowest BCUT2D eigenvalue weighted by atomic mass is 10.1. The van der Waals surface area contributed by atoms with Crippen LogP contribution >= 0.6 is 0 Å². The van der Waals surface area contributed by atoms with Gasteiger partial charge in [0.05, 0.1) is 5.69 Å². The number of sulfonamides is 1. The Labute approximate surface area is 157 Å². The highest BCUT2D eigenvalue weighted by Crippen LogP contribution is 2.33. The Kier molecular flexibility index (Phi) is 4.96. The quantitative estimate of drug-likeness (QED) is 0.578. The summed E-state index contributed by atoms with van der Waals surface area (Å²) in [7, 11) is -4.43. The van der Waals surface area contributed by atoms with Crippen molar-refractivity contribution in [2.75, 3.05) is 10.0 Å². The van der Waals surface area contributed by atoms with Gasteiger partial charge < -0.3 is 4.74 Å². The second-order valence-electron chi connectivity index (χ2n) is 6.20. The van der Waals surface area contributed by atoms with E-state index < -0.39 is 62.4 Å². The van der Waals surface area contributed by atoms with Gasteiger partial charge in [-0.3, -0.25) is 10.0 Å². The summed E-state index contributed by atoms with van der Waals surface area (Å²) in [6.07, 6.45) is -1.33. The highest BCUT2D eigenvalue weighted by Gasteiger charge is 2.28. The average molecular weight is 418 g/mol. The van der Waals surface area contributed by atoms with Gasteiger partial charge in [-0.2, -0.15) is 0 Å². The molecule has 28 heavy (non-hydrogen) atoms. The number of carbonyl (C=O) groups excluding carboxylic acids is 1. The minimum Gasteiger partial charge on any atom is -0.441 e. The molecule has 0 spiro atoms. The maximum absolute atomic E-state index is 14.0. The lowest BCUT2D eigenvalue weighted by Crippen LogP contribution is -2.23. The summed E-state index contributed by atoms with van der Waals surface area (Å²) in [5, 5.41) is 2.43. The molecule has 1 aliphatic heterocycles. The smallest absolute Gasteiger partial charge is 0.412 e. The first-order valence-corrected chi connectivity index (χ1v) is 9.59. The summed E-state index contributed by atoms with van der Waals surface area (Å²) in [6.45, 7) is 2.40. The molecule has 0 saturated carbocycles. The van der Waals surface area contributed by atoms with Crippen molar-refractivity contribution >= 4 is 27.5 Å². The van der Waals surface area contributed by atoms with Gasteiger partial charge in [-0.1, -0.05) is 0 Å². The Morgan fingerprint density at radius 1 is 1.11 bits per heavy atom. The van der Waals surface area contributed by atoms with Crippen molar-refractivity contribution in [2.45, 2.75) is 25.7 Å². The van der Waals surface area contributed by atoms with Crippen LogP contribution in [0.15, 0.2) is 18.2 Å². The molecular weight excluding hydrogens is 404 g/mol. The van der Waals surface area contributed by atoms with E-state index in [2.05, 4.69) is 10.0 Å². The van der Waals surface area contributed by atoms with Crippen molar-refractivity contribution in [1.82, 2.24) is 0 Å². The molecule has 1 amide bonds. The van der Waals surface area contributed by atoms with Gasteiger partial charge in [-0.25, -0.2) is 30.8 Å². The van der Waals surface area contributed by atoms with E-state index in [1.54, 1.807) is 6.92 Å². The zero-order valence-corrected chi connectivity index (χ0v) is 15.4. The lowest BCUT2D eigenvalue weighted by molar-refractivity contribution is 0.116. The summed E-state index contributed by atoms with van der Waals surface area (Å²) < 4.78 is 86.8. The Morgan fingerprint density at radius 3 is 2.32 bits per heavy atom. The number of amides is 1. The van der Waals surface area contributed by atoms with E-state index in [4.69, 9.17) is 4.74 Å². The van der Waals surface area contributed by atoms with E-state index in [-0.39, 0.29) is 5.69 Å². The molecule has 6 nitrogen and oxygen atoms in total. The molecular formula is C17H14F4N2O4S. The Morgan fingerprint density at radius 2 is 1.71 bits per heavy atom.